The molecule has 4 aromatic rings. The first-order valence-electron chi connectivity index (χ1n) is 9.19. The molecule has 0 spiro atoms. The van der Waals surface area contributed by atoms with Gasteiger partial charge in [-0.3, -0.25) is 14.3 Å². The van der Waals surface area contributed by atoms with Crippen LogP contribution in [0.4, 0.5) is 5.69 Å². The molecule has 31 heavy (non-hydrogen) atoms. The number of aromatic nitrogens is 4. The quantitative estimate of drug-likeness (QED) is 0.435. The van der Waals surface area contributed by atoms with E-state index in [9.17, 15) is 10.1 Å². The highest BCUT2D eigenvalue weighted by molar-refractivity contribution is 7.99. The largest absolute Gasteiger partial charge is 0.324 e. The number of carbonyl (C=O) groups excluding carboxylic acids is 1. The van der Waals surface area contributed by atoms with E-state index in [0.29, 0.717) is 27.3 Å². The second kappa shape index (κ2) is 9.43. The van der Waals surface area contributed by atoms with Crippen LogP contribution in [-0.2, 0) is 4.79 Å². The van der Waals surface area contributed by atoms with Crippen molar-refractivity contribution < 1.29 is 4.79 Å². The van der Waals surface area contributed by atoms with Gasteiger partial charge in [-0.25, -0.2) is 0 Å². The van der Waals surface area contributed by atoms with E-state index in [1.807, 2.05) is 53.1 Å². The molecule has 2 aromatic heterocycles. The average molecular weight is 447 g/mol. The van der Waals surface area contributed by atoms with Crippen LogP contribution < -0.4 is 5.32 Å². The molecule has 0 aliphatic heterocycles. The maximum absolute atomic E-state index is 12.5. The number of amides is 1. The lowest BCUT2D eigenvalue weighted by Gasteiger charge is -2.11. The van der Waals surface area contributed by atoms with Crippen LogP contribution in [-0.4, -0.2) is 31.4 Å². The van der Waals surface area contributed by atoms with Gasteiger partial charge in [-0.15, -0.1) is 10.2 Å². The van der Waals surface area contributed by atoms with Crippen LogP contribution in [0, 0.1) is 11.3 Å². The van der Waals surface area contributed by atoms with Crippen LogP contribution in [0.15, 0.2) is 78.2 Å². The van der Waals surface area contributed by atoms with Gasteiger partial charge in [0.15, 0.2) is 11.0 Å². The highest BCUT2D eigenvalue weighted by Crippen LogP contribution is 2.28. The van der Waals surface area contributed by atoms with Crippen molar-refractivity contribution >= 4 is 35.0 Å². The summed E-state index contributed by atoms with van der Waals surface area (Å²) in [6, 6.07) is 20.2. The van der Waals surface area contributed by atoms with Gasteiger partial charge in [-0.05, 0) is 42.5 Å². The number of nitriles is 1. The van der Waals surface area contributed by atoms with Crippen LogP contribution >= 0.6 is 23.4 Å². The Hall–Kier alpha value is -3.67. The zero-order valence-corrected chi connectivity index (χ0v) is 17.6. The molecule has 0 fully saturated rings. The van der Waals surface area contributed by atoms with Crippen molar-refractivity contribution in [2.75, 3.05) is 11.1 Å². The smallest absolute Gasteiger partial charge is 0.234 e. The Bertz CT molecular complexity index is 1250. The predicted octanol–water partition coefficient (Wildman–Crippen LogP) is 4.59. The molecule has 0 aliphatic carbocycles. The van der Waals surface area contributed by atoms with Gasteiger partial charge in [0.25, 0.3) is 0 Å². The van der Waals surface area contributed by atoms with Crippen molar-refractivity contribution in [2.45, 2.75) is 5.16 Å². The summed E-state index contributed by atoms with van der Waals surface area (Å²) >= 11 is 7.24. The SMILES string of the molecule is N#Cc1ccc(Cl)cc1NC(=O)CSc1nnc(-c2ccncc2)n1-c1ccccc1. The summed E-state index contributed by atoms with van der Waals surface area (Å²) in [5, 5.41) is 21.6. The summed E-state index contributed by atoms with van der Waals surface area (Å²) < 4.78 is 1.90. The normalized spacial score (nSPS) is 10.5. The van der Waals surface area contributed by atoms with Crippen LogP contribution in [0.5, 0.6) is 0 Å². The number of carbonyl (C=O) groups is 1. The van der Waals surface area contributed by atoms with Crippen LogP contribution in [0.1, 0.15) is 5.56 Å². The molecule has 1 N–H and O–H groups in total. The summed E-state index contributed by atoms with van der Waals surface area (Å²) in [6.45, 7) is 0. The maximum atomic E-state index is 12.5. The molecule has 2 heterocycles. The summed E-state index contributed by atoms with van der Waals surface area (Å²) in [7, 11) is 0. The minimum atomic E-state index is -0.281. The molecule has 1 amide bonds. The molecular weight excluding hydrogens is 432 g/mol. The Balaban J connectivity index is 1.58. The first-order valence-corrected chi connectivity index (χ1v) is 10.6. The Kier molecular flexibility index (Phi) is 6.26. The van der Waals surface area contributed by atoms with Crippen molar-refractivity contribution in [1.29, 1.82) is 5.26 Å². The number of pyridine rings is 1. The van der Waals surface area contributed by atoms with E-state index in [4.69, 9.17) is 11.6 Å². The van der Waals surface area contributed by atoms with Gasteiger partial charge in [0.2, 0.25) is 5.91 Å². The first-order chi connectivity index (χ1) is 15.2. The van der Waals surface area contributed by atoms with Crippen molar-refractivity contribution in [3.8, 4) is 23.1 Å². The molecule has 0 aliphatic rings. The summed E-state index contributed by atoms with van der Waals surface area (Å²) in [5.41, 5.74) is 2.46. The number of anilines is 1. The molecule has 0 radical (unpaired) electrons. The third kappa shape index (κ3) is 4.74. The molecule has 4 rings (SSSR count). The molecule has 152 valence electrons. The Morgan fingerprint density at radius 2 is 1.87 bits per heavy atom. The first kappa shape index (κ1) is 20.6. The monoisotopic (exact) mass is 446 g/mol. The van der Waals surface area contributed by atoms with Crippen LogP contribution in [0.3, 0.4) is 0 Å². The van der Waals surface area contributed by atoms with E-state index in [1.165, 1.54) is 11.8 Å². The van der Waals surface area contributed by atoms with E-state index in [2.05, 4.69) is 20.5 Å². The highest BCUT2D eigenvalue weighted by atomic mass is 35.5. The third-order valence-electron chi connectivity index (χ3n) is 4.29. The molecule has 2 aromatic carbocycles. The van der Waals surface area contributed by atoms with E-state index in [1.54, 1.807) is 30.6 Å². The number of para-hydroxylation sites is 1. The van der Waals surface area contributed by atoms with Gasteiger partial charge < -0.3 is 5.32 Å². The summed E-state index contributed by atoms with van der Waals surface area (Å²) in [5.74, 6) is 0.452. The van der Waals surface area contributed by atoms with Crippen molar-refractivity contribution in [3.05, 3.63) is 83.6 Å². The maximum Gasteiger partial charge on any atom is 0.234 e. The molecule has 9 heteroatoms. The van der Waals surface area contributed by atoms with Crippen LogP contribution in [0.2, 0.25) is 5.02 Å². The summed E-state index contributed by atoms with van der Waals surface area (Å²) in [6.07, 6.45) is 3.38. The number of halogens is 1. The lowest BCUT2D eigenvalue weighted by atomic mass is 10.2. The zero-order valence-electron chi connectivity index (χ0n) is 16.1. The van der Waals surface area contributed by atoms with E-state index in [0.717, 1.165) is 11.3 Å². The van der Waals surface area contributed by atoms with Crippen molar-refractivity contribution in [3.63, 3.8) is 0 Å². The molecule has 0 saturated heterocycles. The second-order valence-electron chi connectivity index (χ2n) is 6.35. The number of hydrogen-bond donors (Lipinski definition) is 1. The number of thioether (sulfide) groups is 1. The van der Waals surface area contributed by atoms with E-state index >= 15 is 0 Å². The fraction of sp³-hybridized carbons (Fsp3) is 0.0455. The lowest BCUT2D eigenvalue weighted by Crippen LogP contribution is -2.15. The molecule has 0 saturated carbocycles. The van der Waals surface area contributed by atoms with Crippen molar-refractivity contribution in [1.82, 2.24) is 19.7 Å². The van der Waals surface area contributed by atoms with Gasteiger partial charge in [0, 0.05) is 28.7 Å². The topological polar surface area (TPSA) is 96.5 Å². The fourth-order valence-electron chi connectivity index (χ4n) is 2.89. The molecule has 0 bridgehead atoms. The number of nitrogens with zero attached hydrogens (tertiary/aromatic N) is 5. The van der Waals surface area contributed by atoms with Gasteiger partial charge >= 0.3 is 0 Å². The molecule has 7 nitrogen and oxygen atoms in total. The number of rotatable bonds is 6. The fourth-order valence-corrected chi connectivity index (χ4v) is 3.82. The Morgan fingerprint density at radius 1 is 1.10 bits per heavy atom. The van der Waals surface area contributed by atoms with Gasteiger partial charge in [-0.1, -0.05) is 41.6 Å². The second-order valence-corrected chi connectivity index (χ2v) is 7.73. The number of hydrogen-bond acceptors (Lipinski definition) is 6. The Morgan fingerprint density at radius 3 is 2.61 bits per heavy atom. The minimum Gasteiger partial charge on any atom is -0.324 e. The average Bonchev–Trinajstić information content (AvgIpc) is 3.23. The standard InChI is InChI=1S/C22H15ClN6OS/c23-17-7-6-16(13-24)19(12-17)26-20(30)14-31-22-28-27-21(15-8-10-25-11-9-15)29(22)18-4-2-1-3-5-18/h1-12H,14H2,(H,26,30). The minimum absolute atomic E-state index is 0.0820. The van der Waals surface area contributed by atoms with Crippen molar-refractivity contribution in [2.24, 2.45) is 0 Å². The predicted molar refractivity (Wildman–Crippen MR) is 120 cm³/mol. The van der Waals surface area contributed by atoms with Gasteiger partial charge in [-0.2, -0.15) is 5.26 Å². The van der Waals surface area contributed by atoms with Gasteiger partial charge in [0.05, 0.1) is 17.0 Å². The van der Waals surface area contributed by atoms with Gasteiger partial charge in [0.1, 0.15) is 6.07 Å². The van der Waals surface area contributed by atoms with E-state index in [-0.39, 0.29) is 11.7 Å². The van der Waals surface area contributed by atoms with E-state index < -0.39 is 0 Å². The molecule has 0 unspecified atom stereocenters. The molecular formula is C22H15ClN6OS. The Labute approximate surface area is 187 Å². The third-order valence-corrected chi connectivity index (χ3v) is 5.46. The lowest BCUT2D eigenvalue weighted by molar-refractivity contribution is -0.113. The summed E-state index contributed by atoms with van der Waals surface area (Å²) in [4.78, 5) is 16.6. The molecule has 0 atom stereocenters. The number of nitrogens with one attached hydrogen (secondary N) is 1. The zero-order chi connectivity index (χ0) is 21.6. The number of benzene rings is 2. The van der Waals surface area contributed by atoms with Crippen LogP contribution in [0.25, 0.3) is 17.1 Å². The highest BCUT2D eigenvalue weighted by Gasteiger charge is 2.17.